The van der Waals surface area contributed by atoms with E-state index < -0.39 is 0 Å². The minimum absolute atomic E-state index is 0.0184. The molecule has 0 radical (unpaired) electrons. The van der Waals surface area contributed by atoms with Crippen LogP contribution in [0.3, 0.4) is 0 Å². The summed E-state index contributed by atoms with van der Waals surface area (Å²) in [5.74, 6) is 0.0184. The summed E-state index contributed by atoms with van der Waals surface area (Å²) >= 11 is 1.97. The van der Waals surface area contributed by atoms with Crippen molar-refractivity contribution >= 4 is 17.2 Å². The first kappa shape index (κ1) is 19.5. The fourth-order valence-electron chi connectivity index (χ4n) is 4.22. The molecule has 1 fully saturated rings. The van der Waals surface area contributed by atoms with Gasteiger partial charge >= 0.3 is 0 Å². The largest absolute Gasteiger partial charge is 0.370 e. The molecule has 7 nitrogen and oxygen atoms in total. The molecule has 0 saturated carbocycles. The van der Waals surface area contributed by atoms with E-state index in [1.165, 1.54) is 15.3 Å². The van der Waals surface area contributed by atoms with E-state index in [0.29, 0.717) is 13.0 Å². The van der Waals surface area contributed by atoms with E-state index in [1.807, 2.05) is 17.5 Å². The molecule has 152 valence electrons. The Bertz CT molecular complexity index is 822. The number of fused-ring (bicyclic) bond motifs is 2. The molecule has 0 bridgehead atoms. The van der Waals surface area contributed by atoms with Gasteiger partial charge in [-0.2, -0.15) is 0 Å². The van der Waals surface area contributed by atoms with Gasteiger partial charge < -0.3 is 10.1 Å². The number of rotatable bonds is 6. The predicted octanol–water partition coefficient (Wildman–Crippen LogP) is 2.10. The van der Waals surface area contributed by atoms with Crippen molar-refractivity contribution in [3.63, 3.8) is 0 Å². The van der Waals surface area contributed by atoms with Crippen LogP contribution in [0, 0.1) is 0 Å². The minimum atomic E-state index is -0.0842. The first-order valence-corrected chi connectivity index (χ1v) is 11.0. The lowest BCUT2D eigenvalue weighted by Gasteiger charge is -2.44. The van der Waals surface area contributed by atoms with Crippen molar-refractivity contribution in [2.75, 3.05) is 26.7 Å². The maximum Gasteiger partial charge on any atom is 0.221 e. The summed E-state index contributed by atoms with van der Waals surface area (Å²) < 4.78 is 8.12. The molecule has 1 N–H and O–H groups in total. The summed E-state index contributed by atoms with van der Waals surface area (Å²) in [7, 11) is 1.65. The Labute approximate surface area is 170 Å². The molecule has 4 rings (SSSR count). The first-order chi connectivity index (χ1) is 13.6. The fourth-order valence-corrected chi connectivity index (χ4v) is 5.40. The third kappa shape index (κ3) is 3.99. The molecule has 0 aromatic carbocycles. The molecule has 0 unspecified atom stereocenters. The van der Waals surface area contributed by atoms with Gasteiger partial charge in [0, 0.05) is 55.5 Å². The highest BCUT2D eigenvalue weighted by atomic mass is 32.1. The van der Waals surface area contributed by atoms with Gasteiger partial charge in [0.15, 0.2) is 0 Å². The number of aryl methyl sites for hydroxylation is 2. The van der Waals surface area contributed by atoms with Crippen LogP contribution >= 0.6 is 11.3 Å². The molecular formula is C20H29N5O2S. The van der Waals surface area contributed by atoms with E-state index in [1.54, 1.807) is 11.7 Å². The summed E-state index contributed by atoms with van der Waals surface area (Å²) in [6, 6.07) is 2.40. The number of aromatic nitrogens is 3. The SMILES string of the molecule is CCc1cc2c(s1)CCOC21CCN(Cc2cn(CCC(=O)NC)nn2)CC1. The number of thiophene rings is 1. The van der Waals surface area contributed by atoms with Crippen molar-refractivity contribution in [1.29, 1.82) is 0 Å². The maximum atomic E-state index is 11.4. The molecule has 2 aromatic rings. The van der Waals surface area contributed by atoms with Gasteiger partial charge in [-0.05, 0) is 30.9 Å². The highest BCUT2D eigenvalue weighted by Crippen LogP contribution is 2.44. The highest BCUT2D eigenvalue weighted by molar-refractivity contribution is 7.12. The number of hydrogen-bond donors (Lipinski definition) is 1. The number of piperidine rings is 1. The zero-order chi connectivity index (χ0) is 19.6. The zero-order valence-electron chi connectivity index (χ0n) is 16.7. The van der Waals surface area contributed by atoms with E-state index in [-0.39, 0.29) is 11.5 Å². The molecule has 1 saturated heterocycles. The van der Waals surface area contributed by atoms with Crippen molar-refractivity contribution in [3.8, 4) is 0 Å². The third-order valence-electron chi connectivity index (χ3n) is 5.89. The summed E-state index contributed by atoms with van der Waals surface area (Å²) in [4.78, 5) is 16.8. The van der Waals surface area contributed by atoms with Crippen molar-refractivity contribution in [2.24, 2.45) is 0 Å². The van der Waals surface area contributed by atoms with Gasteiger partial charge in [-0.3, -0.25) is 14.4 Å². The summed E-state index contributed by atoms with van der Waals surface area (Å²) in [5, 5.41) is 11.1. The van der Waals surface area contributed by atoms with Crippen LogP contribution in [0.2, 0.25) is 0 Å². The van der Waals surface area contributed by atoms with E-state index >= 15 is 0 Å². The Morgan fingerprint density at radius 1 is 1.39 bits per heavy atom. The van der Waals surface area contributed by atoms with Crippen molar-refractivity contribution in [1.82, 2.24) is 25.2 Å². The summed E-state index contributed by atoms with van der Waals surface area (Å²) in [6.07, 6.45) is 6.61. The lowest BCUT2D eigenvalue weighted by atomic mass is 9.82. The number of nitrogens with one attached hydrogen (secondary N) is 1. The second kappa shape index (κ2) is 8.31. The van der Waals surface area contributed by atoms with E-state index in [4.69, 9.17) is 4.74 Å². The number of carbonyl (C=O) groups excluding carboxylic acids is 1. The van der Waals surface area contributed by atoms with Crippen LogP contribution in [-0.2, 0) is 41.1 Å². The summed E-state index contributed by atoms with van der Waals surface area (Å²) in [5.41, 5.74) is 2.33. The van der Waals surface area contributed by atoms with Gasteiger partial charge in [0.1, 0.15) is 0 Å². The number of amides is 1. The number of nitrogens with zero attached hydrogens (tertiary/aromatic N) is 4. The number of hydrogen-bond acceptors (Lipinski definition) is 6. The number of ether oxygens (including phenoxy) is 1. The van der Waals surface area contributed by atoms with Crippen LogP contribution in [0.5, 0.6) is 0 Å². The summed E-state index contributed by atoms with van der Waals surface area (Å²) in [6.45, 7) is 6.44. The average Bonchev–Trinajstić information content (AvgIpc) is 3.35. The molecule has 1 spiro atoms. The van der Waals surface area contributed by atoms with Crippen LogP contribution in [-0.4, -0.2) is 52.5 Å². The standard InChI is InChI=1S/C20H29N5O2S/c1-3-16-12-17-18(28-16)5-11-27-20(17)6-9-24(10-7-20)13-15-14-25(23-22-15)8-4-19(26)21-2/h12,14H,3-11,13H2,1-2H3,(H,21,26). The van der Waals surface area contributed by atoms with Crippen molar-refractivity contribution in [3.05, 3.63) is 33.3 Å². The van der Waals surface area contributed by atoms with E-state index in [0.717, 1.165) is 57.6 Å². The fraction of sp³-hybridized carbons (Fsp3) is 0.650. The molecule has 2 aliphatic rings. The second-order valence-electron chi connectivity index (χ2n) is 7.67. The van der Waals surface area contributed by atoms with Crippen LogP contribution in [0.15, 0.2) is 12.3 Å². The van der Waals surface area contributed by atoms with Gasteiger partial charge in [0.25, 0.3) is 0 Å². The van der Waals surface area contributed by atoms with Gasteiger partial charge in [-0.25, -0.2) is 0 Å². The zero-order valence-corrected chi connectivity index (χ0v) is 17.6. The minimum Gasteiger partial charge on any atom is -0.370 e. The van der Waals surface area contributed by atoms with Crippen molar-refractivity contribution in [2.45, 2.75) is 57.7 Å². The van der Waals surface area contributed by atoms with Crippen LogP contribution in [0.1, 0.15) is 47.2 Å². The molecule has 1 amide bonds. The average molecular weight is 404 g/mol. The maximum absolute atomic E-state index is 11.4. The third-order valence-corrected chi connectivity index (χ3v) is 7.23. The van der Waals surface area contributed by atoms with Gasteiger partial charge in [0.2, 0.25) is 5.91 Å². The van der Waals surface area contributed by atoms with Crippen LogP contribution in [0.4, 0.5) is 0 Å². The normalized spacial score (nSPS) is 18.9. The molecular weight excluding hydrogens is 374 g/mol. The molecule has 2 aromatic heterocycles. The second-order valence-corrected chi connectivity index (χ2v) is 8.89. The van der Waals surface area contributed by atoms with Crippen LogP contribution < -0.4 is 5.32 Å². The Hall–Kier alpha value is -1.77. The van der Waals surface area contributed by atoms with Crippen LogP contribution in [0.25, 0.3) is 0 Å². The quantitative estimate of drug-likeness (QED) is 0.800. The predicted molar refractivity (Wildman–Crippen MR) is 108 cm³/mol. The monoisotopic (exact) mass is 403 g/mol. The Morgan fingerprint density at radius 3 is 2.96 bits per heavy atom. The highest BCUT2D eigenvalue weighted by Gasteiger charge is 2.41. The van der Waals surface area contributed by atoms with Gasteiger partial charge in [-0.15, -0.1) is 16.4 Å². The lowest BCUT2D eigenvalue weighted by Crippen LogP contribution is -2.45. The molecule has 28 heavy (non-hydrogen) atoms. The lowest BCUT2D eigenvalue weighted by molar-refractivity contribution is -0.120. The Kier molecular flexibility index (Phi) is 5.80. The smallest absolute Gasteiger partial charge is 0.221 e. The molecule has 4 heterocycles. The van der Waals surface area contributed by atoms with Gasteiger partial charge in [0.05, 0.1) is 24.4 Å². The molecule has 0 atom stereocenters. The van der Waals surface area contributed by atoms with Crippen molar-refractivity contribution < 1.29 is 9.53 Å². The Morgan fingerprint density at radius 2 is 2.21 bits per heavy atom. The molecule has 0 aliphatic carbocycles. The topological polar surface area (TPSA) is 72.3 Å². The Balaban J connectivity index is 1.35. The van der Waals surface area contributed by atoms with Gasteiger partial charge in [-0.1, -0.05) is 12.1 Å². The number of likely N-dealkylation sites (tertiary alicyclic amines) is 1. The van der Waals surface area contributed by atoms with E-state index in [2.05, 4.69) is 33.5 Å². The molecule has 2 aliphatic heterocycles. The van der Waals surface area contributed by atoms with E-state index in [9.17, 15) is 4.79 Å². The number of carbonyl (C=O) groups is 1. The molecule has 8 heteroatoms. The first-order valence-electron chi connectivity index (χ1n) is 10.2.